The Morgan fingerprint density at radius 3 is 2.50 bits per heavy atom. The molecule has 2 N–H and O–H groups in total. The number of aliphatic hydroxyl groups excluding tert-OH is 1. The Hall–Kier alpha value is -0.980. The normalized spacial score (nSPS) is 11.8. The zero-order valence-corrected chi connectivity index (χ0v) is 9.59. The van der Waals surface area contributed by atoms with Gasteiger partial charge in [-0.25, -0.2) is 4.39 Å². The molecule has 6 heteroatoms. The van der Waals surface area contributed by atoms with Crippen LogP contribution < -0.4 is 0 Å². The van der Waals surface area contributed by atoms with Gasteiger partial charge in [0.05, 0.1) is 4.90 Å². The van der Waals surface area contributed by atoms with Crippen LogP contribution in [0.25, 0.3) is 0 Å². The van der Waals surface area contributed by atoms with E-state index in [2.05, 4.69) is 0 Å². The summed E-state index contributed by atoms with van der Waals surface area (Å²) in [4.78, 5) is -0.427. The maximum Gasteiger partial charge on any atom is 0.294 e. The van der Waals surface area contributed by atoms with Gasteiger partial charge in [-0.3, -0.25) is 4.55 Å². The summed E-state index contributed by atoms with van der Waals surface area (Å²) >= 11 is 0. The predicted molar refractivity (Wildman–Crippen MR) is 56.4 cm³/mol. The van der Waals surface area contributed by atoms with Crippen LogP contribution in [0, 0.1) is 12.7 Å². The van der Waals surface area contributed by atoms with Crippen molar-refractivity contribution in [2.24, 2.45) is 0 Å². The van der Waals surface area contributed by atoms with Crippen LogP contribution >= 0.6 is 0 Å². The minimum atomic E-state index is -4.42. The van der Waals surface area contributed by atoms with E-state index in [0.717, 1.165) is 0 Å². The summed E-state index contributed by atoms with van der Waals surface area (Å²) in [5.41, 5.74) is 0.233. The fourth-order valence-electron chi connectivity index (χ4n) is 1.45. The first-order valence-corrected chi connectivity index (χ1v) is 6.18. The molecule has 16 heavy (non-hydrogen) atoms. The largest absolute Gasteiger partial charge is 0.396 e. The quantitative estimate of drug-likeness (QED) is 0.788. The van der Waals surface area contributed by atoms with Crippen molar-refractivity contribution in [3.05, 3.63) is 29.1 Å². The highest BCUT2D eigenvalue weighted by Crippen LogP contribution is 2.22. The van der Waals surface area contributed by atoms with E-state index in [1.807, 2.05) is 0 Å². The summed E-state index contributed by atoms with van der Waals surface area (Å²) in [6.45, 7) is 1.34. The van der Waals surface area contributed by atoms with Crippen LogP contribution in [-0.4, -0.2) is 24.7 Å². The molecule has 90 valence electrons. The van der Waals surface area contributed by atoms with E-state index in [1.165, 1.54) is 19.1 Å². The first-order valence-electron chi connectivity index (χ1n) is 4.74. The third kappa shape index (κ3) is 2.78. The fourth-order valence-corrected chi connectivity index (χ4v) is 2.19. The van der Waals surface area contributed by atoms with Crippen molar-refractivity contribution in [2.75, 3.05) is 6.61 Å². The molecule has 0 amide bonds. The molecule has 1 aromatic carbocycles. The second-order valence-corrected chi connectivity index (χ2v) is 4.87. The monoisotopic (exact) mass is 248 g/mol. The second kappa shape index (κ2) is 4.90. The highest BCUT2D eigenvalue weighted by atomic mass is 32.2. The predicted octanol–water partition coefficient (Wildman–Crippen LogP) is 1.31. The van der Waals surface area contributed by atoms with E-state index >= 15 is 0 Å². The number of benzene rings is 1. The fraction of sp³-hybridized carbons (Fsp3) is 0.400. The van der Waals surface area contributed by atoms with Gasteiger partial charge >= 0.3 is 0 Å². The van der Waals surface area contributed by atoms with Crippen molar-refractivity contribution in [2.45, 2.75) is 24.7 Å². The third-order valence-corrected chi connectivity index (χ3v) is 3.19. The minimum Gasteiger partial charge on any atom is -0.396 e. The molecule has 0 unspecified atom stereocenters. The first kappa shape index (κ1) is 13.1. The summed E-state index contributed by atoms with van der Waals surface area (Å²) in [5, 5.41) is 8.65. The lowest BCUT2D eigenvalue weighted by Crippen LogP contribution is -2.07. The van der Waals surface area contributed by atoms with E-state index in [4.69, 9.17) is 9.66 Å². The Morgan fingerprint density at radius 2 is 2.00 bits per heavy atom. The molecule has 1 rings (SSSR count). The summed E-state index contributed by atoms with van der Waals surface area (Å²) in [6, 6.07) is 2.46. The molecule has 0 aromatic heterocycles. The van der Waals surface area contributed by atoms with E-state index in [0.29, 0.717) is 5.56 Å². The maximum atomic E-state index is 13.7. The second-order valence-electron chi connectivity index (χ2n) is 3.48. The summed E-state index contributed by atoms with van der Waals surface area (Å²) < 4.78 is 44.6. The topological polar surface area (TPSA) is 74.6 Å². The van der Waals surface area contributed by atoms with Gasteiger partial charge in [0.1, 0.15) is 5.82 Å². The van der Waals surface area contributed by atoms with Gasteiger partial charge in [-0.1, -0.05) is 6.07 Å². The number of halogens is 1. The van der Waals surface area contributed by atoms with Gasteiger partial charge in [-0.15, -0.1) is 0 Å². The van der Waals surface area contributed by atoms with Crippen LogP contribution in [0.15, 0.2) is 17.0 Å². The Balaban J connectivity index is 3.33. The molecular weight excluding hydrogens is 235 g/mol. The number of aliphatic hydroxyl groups is 1. The number of rotatable bonds is 4. The molecule has 0 aliphatic carbocycles. The lowest BCUT2D eigenvalue weighted by molar-refractivity contribution is 0.287. The zero-order chi connectivity index (χ0) is 12.3. The molecular formula is C10H13FO4S. The van der Waals surface area contributed by atoms with Crippen LogP contribution in [0.5, 0.6) is 0 Å². The third-order valence-electron chi connectivity index (χ3n) is 2.26. The van der Waals surface area contributed by atoms with Crippen LogP contribution in [-0.2, 0) is 16.5 Å². The summed E-state index contributed by atoms with van der Waals surface area (Å²) in [5.74, 6) is -0.649. The highest BCUT2D eigenvalue weighted by molar-refractivity contribution is 7.85. The lowest BCUT2D eigenvalue weighted by atomic mass is 10.1. The SMILES string of the molecule is Cc1ccc(S(=O)(=O)O)c(CCCO)c1F. The van der Waals surface area contributed by atoms with Gasteiger partial charge in [-0.2, -0.15) is 8.42 Å². The maximum absolute atomic E-state index is 13.7. The van der Waals surface area contributed by atoms with Crippen molar-refractivity contribution in [1.29, 1.82) is 0 Å². The molecule has 0 aliphatic rings. The van der Waals surface area contributed by atoms with Gasteiger partial charge in [0.25, 0.3) is 10.1 Å². The van der Waals surface area contributed by atoms with Crippen molar-refractivity contribution in [3.63, 3.8) is 0 Å². The number of aryl methyl sites for hydroxylation is 1. The molecule has 0 atom stereocenters. The van der Waals surface area contributed by atoms with E-state index in [9.17, 15) is 12.8 Å². The minimum absolute atomic E-state index is 0.0686. The molecule has 0 heterocycles. The Labute approximate surface area is 93.5 Å². The average Bonchev–Trinajstić information content (AvgIpc) is 2.18. The molecule has 0 saturated heterocycles. The van der Waals surface area contributed by atoms with Gasteiger partial charge < -0.3 is 5.11 Å². The number of hydrogen-bond donors (Lipinski definition) is 2. The lowest BCUT2D eigenvalue weighted by Gasteiger charge is -2.09. The van der Waals surface area contributed by atoms with E-state index in [1.54, 1.807) is 0 Å². The van der Waals surface area contributed by atoms with Gasteiger partial charge in [0.2, 0.25) is 0 Å². The van der Waals surface area contributed by atoms with Gasteiger partial charge in [-0.05, 0) is 31.4 Å². The molecule has 4 nitrogen and oxygen atoms in total. The van der Waals surface area contributed by atoms with Crippen LogP contribution in [0.4, 0.5) is 4.39 Å². The van der Waals surface area contributed by atoms with Crippen molar-refractivity contribution >= 4 is 10.1 Å². The number of hydrogen-bond acceptors (Lipinski definition) is 3. The van der Waals surface area contributed by atoms with Gasteiger partial charge in [0.15, 0.2) is 0 Å². The molecule has 0 bridgehead atoms. The zero-order valence-electron chi connectivity index (χ0n) is 8.77. The summed E-state index contributed by atoms with van der Waals surface area (Å²) in [7, 11) is -4.42. The van der Waals surface area contributed by atoms with Crippen molar-refractivity contribution in [1.82, 2.24) is 0 Å². The average molecular weight is 248 g/mol. The van der Waals surface area contributed by atoms with Crippen molar-refractivity contribution < 1.29 is 22.5 Å². The van der Waals surface area contributed by atoms with Crippen LogP contribution in [0.2, 0.25) is 0 Å². The standard InChI is InChI=1S/C10H13FO4S/c1-7-4-5-9(16(13,14)15)8(10(7)11)3-2-6-12/h4-5,12H,2-3,6H2,1H3,(H,13,14,15). The smallest absolute Gasteiger partial charge is 0.294 e. The van der Waals surface area contributed by atoms with Crippen LogP contribution in [0.3, 0.4) is 0 Å². The Bertz CT molecular complexity index is 482. The molecule has 0 fully saturated rings. The molecule has 0 aliphatic heterocycles. The van der Waals surface area contributed by atoms with Crippen LogP contribution in [0.1, 0.15) is 17.5 Å². The molecule has 0 spiro atoms. The Kier molecular flexibility index (Phi) is 4.01. The molecule has 0 radical (unpaired) electrons. The van der Waals surface area contributed by atoms with Gasteiger partial charge in [0, 0.05) is 12.2 Å². The van der Waals surface area contributed by atoms with Crippen molar-refractivity contribution in [3.8, 4) is 0 Å². The Morgan fingerprint density at radius 1 is 1.38 bits per heavy atom. The van der Waals surface area contributed by atoms with E-state index in [-0.39, 0.29) is 25.0 Å². The molecule has 1 aromatic rings. The molecule has 0 saturated carbocycles. The highest BCUT2D eigenvalue weighted by Gasteiger charge is 2.19. The summed E-state index contributed by atoms with van der Waals surface area (Å²) in [6.07, 6.45) is 0.308. The first-order chi connectivity index (χ1) is 7.38. The van der Waals surface area contributed by atoms with E-state index < -0.39 is 20.8 Å².